The second-order valence-corrected chi connectivity index (χ2v) is 7.35. The van der Waals surface area contributed by atoms with E-state index in [-0.39, 0.29) is 23.8 Å². The molecule has 2 aliphatic heterocycles. The van der Waals surface area contributed by atoms with Gasteiger partial charge in [0.15, 0.2) is 0 Å². The lowest BCUT2D eigenvalue weighted by Crippen LogP contribution is -2.60. The van der Waals surface area contributed by atoms with E-state index in [0.29, 0.717) is 25.8 Å². The third-order valence-electron chi connectivity index (χ3n) is 5.55. The van der Waals surface area contributed by atoms with Crippen LogP contribution in [0, 0.1) is 0 Å². The summed E-state index contributed by atoms with van der Waals surface area (Å²) in [6.07, 6.45) is 3.39. The second-order valence-electron chi connectivity index (χ2n) is 7.35. The number of nitrogens with one attached hydrogen (secondary N) is 2. The first kappa shape index (κ1) is 19.4. The van der Waals surface area contributed by atoms with Crippen molar-refractivity contribution in [1.82, 2.24) is 15.5 Å². The van der Waals surface area contributed by atoms with Crippen LogP contribution >= 0.6 is 0 Å². The Kier molecular flexibility index (Phi) is 6.11. The molecule has 0 spiro atoms. The van der Waals surface area contributed by atoms with E-state index in [0.717, 1.165) is 18.4 Å². The van der Waals surface area contributed by atoms with E-state index in [4.69, 9.17) is 5.73 Å². The highest BCUT2D eigenvalue weighted by Crippen LogP contribution is 2.32. The van der Waals surface area contributed by atoms with E-state index in [1.54, 1.807) is 4.90 Å². The van der Waals surface area contributed by atoms with Crippen LogP contribution in [0.3, 0.4) is 0 Å². The zero-order valence-corrected chi connectivity index (χ0v) is 15.7. The minimum Gasteiger partial charge on any atom is -0.350 e. The number of fused-ring (bicyclic) bond motifs is 1. The minimum atomic E-state index is -0.612. The first-order chi connectivity index (χ1) is 13.0. The summed E-state index contributed by atoms with van der Waals surface area (Å²) < 4.78 is 0. The molecule has 0 aromatic heterocycles. The fourth-order valence-electron chi connectivity index (χ4n) is 3.92. The minimum absolute atomic E-state index is 0.0815. The first-order valence-corrected chi connectivity index (χ1v) is 9.71. The highest BCUT2D eigenvalue weighted by molar-refractivity contribution is 5.94. The summed E-state index contributed by atoms with van der Waals surface area (Å²) in [7, 11) is 0. The maximum absolute atomic E-state index is 12.9. The Morgan fingerprint density at radius 3 is 2.59 bits per heavy atom. The largest absolute Gasteiger partial charge is 0.350 e. The summed E-state index contributed by atoms with van der Waals surface area (Å²) in [5.41, 5.74) is 6.77. The molecular weight excluding hydrogens is 344 g/mol. The van der Waals surface area contributed by atoms with Crippen LogP contribution in [-0.4, -0.2) is 46.8 Å². The summed E-state index contributed by atoms with van der Waals surface area (Å²) in [5.74, 6) is -0.606. The highest BCUT2D eigenvalue weighted by atomic mass is 16.2. The normalized spacial score (nSPS) is 25.6. The molecule has 4 unspecified atom stereocenters. The van der Waals surface area contributed by atoms with Gasteiger partial charge in [-0.1, -0.05) is 37.3 Å². The Labute approximate surface area is 159 Å². The molecule has 3 amide bonds. The molecule has 2 aliphatic rings. The van der Waals surface area contributed by atoms with Crippen LogP contribution in [0.1, 0.15) is 44.6 Å². The fourth-order valence-corrected chi connectivity index (χ4v) is 3.92. The monoisotopic (exact) mass is 372 g/mol. The number of amides is 3. The lowest BCUT2D eigenvalue weighted by molar-refractivity contribution is -0.146. The molecule has 1 aromatic carbocycles. The van der Waals surface area contributed by atoms with Gasteiger partial charge in [-0.3, -0.25) is 14.4 Å². The summed E-state index contributed by atoms with van der Waals surface area (Å²) in [4.78, 5) is 39.4. The van der Waals surface area contributed by atoms with Crippen LogP contribution in [0.2, 0.25) is 0 Å². The van der Waals surface area contributed by atoms with Gasteiger partial charge in [0.2, 0.25) is 17.7 Å². The fraction of sp³-hybridized carbons (Fsp3) is 0.550. The number of hydrogen-bond donors (Lipinski definition) is 3. The Morgan fingerprint density at radius 2 is 1.89 bits per heavy atom. The molecule has 4 N–H and O–H groups in total. The van der Waals surface area contributed by atoms with Crippen LogP contribution in [0.5, 0.6) is 0 Å². The number of carbonyl (C=O) groups excluding carboxylic acids is 3. The molecule has 4 atom stereocenters. The highest BCUT2D eigenvalue weighted by Gasteiger charge is 2.46. The molecule has 2 heterocycles. The van der Waals surface area contributed by atoms with Crippen molar-refractivity contribution in [3.63, 3.8) is 0 Å². The van der Waals surface area contributed by atoms with E-state index in [1.165, 1.54) is 0 Å². The van der Waals surface area contributed by atoms with Crippen molar-refractivity contribution in [3.8, 4) is 0 Å². The van der Waals surface area contributed by atoms with Gasteiger partial charge in [-0.15, -0.1) is 0 Å². The van der Waals surface area contributed by atoms with Crippen molar-refractivity contribution < 1.29 is 14.4 Å². The zero-order chi connectivity index (χ0) is 19.4. The standard InChI is InChI=1S/C20H28N4O3/c1-2-15(21)18(25)23-16-10-8-14-9-11-17(24(14)20(16)27)19(26)22-12-13-6-4-3-5-7-13/h3-7,14-17H,2,8-12,21H2,1H3,(H,22,26)(H,23,25). The van der Waals surface area contributed by atoms with E-state index >= 15 is 0 Å². The second kappa shape index (κ2) is 8.52. The number of carbonyl (C=O) groups is 3. The van der Waals surface area contributed by atoms with E-state index in [2.05, 4.69) is 10.6 Å². The van der Waals surface area contributed by atoms with Crippen molar-refractivity contribution in [2.24, 2.45) is 5.73 Å². The van der Waals surface area contributed by atoms with Gasteiger partial charge in [0, 0.05) is 12.6 Å². The van der Waals surface area contributed by atoms with Crippen molar-refractivity contribution in [3.05, 3.63) is 35.9 Å². The van der Waals surface area contributed by atoms with Crippen LogP contribution < -0.4 is 16.4 Å². The number of nitrogens with two attached hydrogens (primary N) is 1. The molecule has 2 fully saturated rings. The quantitative estimate of drug-likeness (QED) is 0.683. The predicted molar refractivity (Wildman–Crippen MR) is 101 cm³/mol. The molecule has 0 radical (unpaired) electrons. The molecule has 0 saturated carbocycles. The maximum atomic E-state index is 12.9. The number of piperidine rings is 1. The van der Waals surface area contributed by atoms with Crippen molar-refractivity contribution >= 4 is 17.7 Å². The van der Waals surface area contributed by atoms with Crippen LogP contribution in [-0.2, 0) is 20.9 Å². The third kappa shape index (κ3) is 4.30. The molecule has 7 heteroatoms. The Hall–Kier alpha value is -2.41. The molecule has 3 rings (SSSR count). The average molecular weight is 372 g/mol. The molecular formula is C20H28N4O3. The van der Waals surface area contributed by atoms with Gasteiger partial charge >= 0.3 is 0 Å². The third-order valence-corrected chi connectivity index (χ3v) is 5.55. The SMILES string of the molecule is CCC(N)C(=O)NC1CCC2CCC(C(=O)NCc3ccccc3)N2C1=O. The zero-order valence-electron chi connectivity index (χ0n) is 15.7. The van der Waals surface area contributed by atoms with Crippen molar-refractivity contribution in [2.45, 2.75) is 69.7 Å². The average Bonchev–Trinajstić information content (AvgIpc) is 3.13. The van der Waals surface area contributed by atoms with Gasteiger partial charge in [-0.25, -0.2) is 0 Å². The summed E-state index contributed by atoms with van der Waals surface area (Å²) in [5, 5.41) is 5.70. The predicted octanol–water partition coefficient (Wildman–Crippen LogP) is 0.678. The Bertz CT molecular complexity index is 694. The molecule has 7 nitrogen and oxygen atoms in total. The number of benzene rings is 1. The van der Waals surface area contributed by atoms with E-state index in [9.17, 15) is 14.4 Å². The van der Waals surface area contributed by atoms with Crippen LogP contribution in [0.4, 0.5) is 0 Å². The van der Waals surface area contributed by atoms with Gasteiger partial charge in [0.1, 0.15) is 12.1 Å². The molecule has 0 bridgehead atoms. The Morgan fingerprint density at radius 1 is 1.19 bits per heavy atom. The smallest absolute Gasteiger partial charge is 0.246 e. The Balaban J connectivity index is 1.62. The molecule has 2 saturated heterocycles. The topological polar surface area (TPSA) is 105 Å². The number of hydrogen-bond acceptors (Lipinski definition) is 4. The van der Waals surface area contributed by atoms with Crippen molar-refractivity contribution in [1.29, 1.82) is 0 Å². The van der Waals surface area contributed by atoms with Crippen molar-refractivity contribution in [2.75, 3.05) is 0 Å². The van der Waals surface area contributed by atoms with Gasteiger partial charge < -0.3 is 21.3 Å². The number of rotatable bonds is 6. The lowest BCUT2D eigenvalue weighted by Gasteiger charge is -2.38. The van der Waals surface area contributed by atoms with Crippen LogP contribution in [0.15, 0.2) is 30.3 Å². The summed E-state index contributed by atoms with van der Waals surface area (Å²) in [6, 6.07) is 8.10. The van der Waals surface area contributed by atoms with Crippen LogP contribution in [0.25, 0.3) is 0 Å². The molecule has 27 heavy (non-hydrogen) atoms. The van der Waals surface area contributed by atoms with Gasteiger partial charge in [0.25, 0.3) is 0 Å². The molecule has 1 aromatic rings. The summed E-state index contributed by atoms with van der Waals surface area (Å²) >= 11 is 0. The van der Waals surface area contributed by atoms with E-state index < -0.39 is 18.1 Å². The van der Waals surface area contributed by atoms with E-state index in [1.807, 2.05) is 37.3 Å². The maximum Gasteiger partial charge on any atom is 0.246 e. The number of nitrogens with zero attached hydrogens (tertiary/aromatic N) is 1. The van der Waals surface area contributed by atoms with Gasteiger partial charge in [0.05, 0.1) is 6.04 Å². The van der Waals surface area contributed by atoms with Gasteiger partial charge in [-0.05, 0) is 37.7 Å². The van der Waals surface area contributed by atoms with Gasteiger partial charge in [-0.2, -0.15) is 0 Å². The lowest BCUT2D eigenvalue weighted by atomic mass is 9.97. The molecule has 0 aliphatic carbocycles. The first-order valence-electron chi connectivity index (χ1n) is 9.71. The molecule has 146 valence electrons. The summed E-state index contributed by atoms with van der Waals surface area (Å²) in [6.45, 7) is 2.27.